The summed E-state index contributed by atoms with van der Waals surface area (Å²) >= 11 is 0. The number of H-pyrrole nitrogens is 1. The lowest BCUT2D eigenvalue weighted by molar-refractivity contribution is -0.121. The van der Waals surface area contributed by atoms with Gasteiger partial charge in [0.15, 0.2) is 6.23 Å². The third-order valence-corrected chi connectivity index (χ3v) is 6.44. The van der Waals surface area contributed by atoms with Crippen LogP contribution < -0.4 is 16.6 Å². The minimum absolute atomic E-state index is 0.0825. The third-order valence-electron chi connectivity index (χ3n) is 4.81. The molecule has 3 fully saturated rings. The van der Waals surface area contributed by atoms with Gasteiger partial charge < -0.3 is 10.1 Å². The van der Waals surface area contributed by atoms with Gasteiger partial charge in [0.25, 0.3) is 5.56 Å². The Labute approximate surface area is 153 Å². The number of phosphoric acid groups is 1. The van der Waals surface area contributed by atoms with E-state index in [9.17, 15) is 18.9 Å². The van der Waals surface area contributed by atoms with Gasteiger partial charge in [-0.3, -0.25) is 32.7 Å². The molecular weight excluding hydrogens is 381 g/mol. The van der Waals surface area contributed by atoms with Gasteiger partial charge in [-0.2, -0.15) is 0 Å². The lowest BCUT2D eigenvalue weighted by atomic mass is 9.88. The average Bonchev–Trinajstić information content (AvgIpc) is 3.09. The number of nitrogens with zero attached hydrogens (tertiary/aromatic N) is 1. The number of aromatic nitrogens is 2. The standard InChI is InChI=1S/C15H20N3O8P/c1-8(2)25-27(22)23-7-9-12(26-27)15(5-3-11(20)17-15)13(24-9)18-6-4-10(19)16-14(18)21/h4,6,8-9,12-13H,3,5,7H2,1-2H3,(H,17,20)(H,16,19,21)/t9-,12-,13-,15-,27?/m1/s1. The first kappa shape index (κ1) is 18.6. The van der Waals surface area contributed by atoms with Gasteiger partial charge in [-0.05, 0) is 20.3 Å². The van der Waals surface area contributed by atoms with Gasteiger partial charge in [-0.15, -0.1) is 0 Å². The normalized spacial score (nSPS) is 38.3. The number of aromatic amines is 1. The van der Waals surface area contributed by atoms with Gasteiger partial charge in [0.2, 0.25) is 5.91 Å². The molecule has 1 spiro atoms. The SMILES string of the molecule is CC(C)OP1(=O)OC[C@H]2O[C@@H](n3ccc(=O)[nH]c3=O)[C@@]3(CCC(=O)N3)[C@@H]2O1. The summed E-state index contributed by atoms with van der Waals surface area (Å²) in [4.78, 5) is 37.9. The van der Waals surface area contributed by atoms with Gasteiger partial charge in [0, 0.05) is 18.7 Å². The number of phosphoric ester groups is 1. The van der Waals surface area contributed by atoms with Crippen LogP contribution in [0.5, 0.6) is 0 Å². The lowest BCUT2D eigenvalue weighted by Gasteiger charge is -2.38. The van der Waals surface area contributed by atoms with Crippen LogP contribution in [0.15, 0.2) is 21.9 Å². The minimum atomic E-state index is -3.85. The Balaban J connectivity index is 1.75. The Hall–Kier alpha value is -1.78. The van der Waals surface area contributed by atoms with Gasteiger partial charge in [-0.1, -0.05) is 0 Å². The molecule has 12 heteroatoms. The smallest absolute Gasteiger partial charge is 0.347 e. The molecule has 3 aliphatic rings. The van der Waals surface area contributed by atoms with Crippen LogP contribution in [0.3, 0.4) is 0 Å². The summed E-state index contributed by atoms with van der Waals surface area (Å²) in [6, 6.07) is 1.18. The van der Waals surface area contributed by atoms with Crippen molar-refractivity contribution in [2.24, 2.45) is 0 Å². The predicted molar refractivity (Wildman–Crippen MR) is 90.0 cm³/mol. The molecule has 27 heavy (non-hydrogen) atoms. The van der Waals surface area contributed by atoms with Crippen molar-refractivity contribution in [3.8, 4) is 0 Å². The van der Waals surface area contributed by atoms with Gasteiger partial charge in [-0.25, -0.2) is 9.36 Å². The topological polar surface area (TPSA) is 138 Å². The highest BCUT2D eigenvalue weighted by Crippen LogP contribution is 2.60. The molecule has 1 unspecified atom stereocenters. The van der Waals surface area contributed by atoms with Crippen molar-refractivity contribution in [1.29, 1.82) is 0 Å². The summed E-state index contributed by atoms with van der Waals surface area (Å²) in [6.45, 7) is 3.31. The van der Waals surface area contributed by atoms with Crippen LogP contribution in [0.4, 0.5) is 0 Å². The molecule has 4 rings (SSSR count). The fourth-order valence-corrected chi connectivity index (χ4v) is 5.42. The number of carbonyl (C=O) groups excluding carboxylic acids is 1. The maximum Gasteiger partial charge on any atom is 0.475 e. The Bertz CT molecular complexity index is 926. The summed E-state index contributed by atoms with van der Waals surface area (Å²) < 4.78 is 36.3. The number of fused-ring (bicyclic) bond motifs is 2. The van der Waals surface area contributed by atoms with Crippen molar-refractivity contribution in [2.75, 3.05) is 6.61 Å². The van der Waals surface area contributed by atoms with Crippen LogP contribution in [-0.4, -0.2) is 45.9 Å². The Morgan fingerprint density at radius 2 is 2.15 bits per heavy atom. The first-order valence-electron chi connectivity index (χ1n) is 8.62. The van der Waals surface area contributed by atoms with Crippen LogP contribution in [0, 0.1) is 0 Å². The van der Waals surface area contributed by atoms with Crippen molar-refractivity contribution in [1.82, 2.24) is 14.9 Å². The van der Waals surface area contributed by atoms with E-state index in [4.69, 9.17) is 18.3 Å². The van der Waals surface area contributed by atoms with Crippen LogP contribution in [0.1, 0.15) is 32.9 Å². The Kier molecular flexibility index (Phi) is 4.39. The van der Waals surface area contributed by atoms with E-state index in [1.807, 2.05) is 0 Å². The van der Waals surface area contributed by atoms with Gasteiger partial charge in [0.1, 0.15) is 17.7 Å². The number of rotatable bonds is 3. The minimum Gasteiger partial charge on any atom is -0.347 e. The summed E-state index contributed by atoms with van der Waals surface area (Å²) in [6.07, 6.45) is -1.10. The van der Waals surface area contributed by atoms with Crippen molar-refractivity contribution in [3.05, 3.63) is 33.1 Å². The van der Waals surface area contributed by atoms with E-state index in [1.54, 1.807) is 13.8 Å². The molecule has 0 saturated carbocycles. The number of ether oxygens (including phenoxy) is 1. The van der Waals surface area contributed by atoms with Crippen molar-refractivity contribution in [2.45, 2.75) is 56.8 Å². The monoisotopic (exact) mass is 401 g/mol. The molecule has 1 amide bonds. The zero-order chi connectivity index (χ0) is 19.4. The zero-order valence-corrected chi connectivity index (χ0v) is 15.6. The van der Waals surface area contributed by atoms with Crippen molar-refractivity contribution < 1.29 is 27.7 Å². The fraction of sp³-hybridized carbons (Fsp3) is 0.667. The fourth-order valence-electron chi connectivity index (χ4n) is 3.80. The maximum absolute atomic E-state index is 12.8. The van der Waals surface area contributed by atoms with E-state index in [0.29, 0.717) is 6.42 Å². The number of nitrogens with one attached hydrogen (secondary N) is 2. The Morgan fingerprint density at radius 1 is 1.37 bits per heavy atom. The van der Waals surface area contributed by atoms with E-state index in [0.717, 1.165) is 0 Å². The molecule has 0 aliphatic carbocycles. The van der Waals surface area contributed by atoms with Gasteiger partial charge in [0.05, 0.1) is 12.7 Å². The van der Waals surface area contributed by atoms with Gasteiger partial charge >= 0.3 is 13.5 Å². The molecule has 2 N–H and O–H groups in total. The molecule has 1 aromatic rings. The number of amides is 1. The van der Waals surface area contributed by atoms with E-state index in [1.165, 1.54) is 16.8 Å². The first-order valence-corrected chi connectivity index (χ1v) is 10.1. The highest BCUT2D eigenvalue weighted by molar-refractivity contribution is 7.48. The summed E-state index contributed by atoms with van der Waals surface area (Å²) in [5.41, 5.74) is -2.37. The Morgan fingerprint density at radius 3 is 2.78 bits per heavy atom. The molecule has 0 radical (unpaired) electrons. The first-order chi connectivity index (χ1) is 12.7. The molecule has 1 aromatic heterocycles. The van der Waals surface area contributed by atoms with E-state index in [2.05, 4.69) is 10.3 Å². The molecule has 0 aromatic carbocycles. The predicted octanol–water partition coefficient (Wildman–Crippen LogP) is 0.0313. The summed E-state index contributed by atoms with van der Waals surface area (Å²) in [7, 11) is -3.85. The third kappa shape index (κ3) is 3.09. The average molecular weight is 401 g/mol. The molecule has 11 nitrogen and oxygen atoms in total. The summed E-state index contributed by atoms with van der Waals surface area (Å²) in [5, 5.41) is 2.84. The van der Waals surface area contributed by atoms with E-state index >= 15 is 0 Å². The maximum atomic E-state index is 12.8. The zero-order valence-electron chi connectivity index (χ0n) is 14.7. The van der Waals surface area contributed by atoms with Crippen LogP contribution in [0.25, 0.3) is 0 Å². The molecule has 5 atom stereocenters. The molecule has 4 heterocycles. The quantitative estimate of drug-likeness (QED) is 0.677. The second-order valence-corrected chi connectivity index (χ2v) is 8.63. The highest BCUT2D eigenvalue weighted by atomic mass is 31.2. The second kappa shape index (κ2) is 6.39. The molecule has 3 saturated heterocycles. The van der Waals surface area contributed by atoms with E-state index < -0.39 is 49.2 Å². The van der Waals surface area contributed by atoms with Crippen molar-refractivity contribution in [3.63, 3.8) is 0 Å². The molecule has 148 valence electrons. The van der Waals surface area contributed by atoms with Crippen LogP contribution >= 0.6 is 7.82 Å². The van der Waals surface area contributed by atoms with Crippen LogP contribution in [-0.2, 0) is 27.7 Å². The number of hydrogen-bond acceptors (Lipinski definition) is 8. The van der Waals surface area contributed by atoms with Crippen LogP contribution in [0.2, 0.25) is 0 Å². The van der Waals surface area contributed by atoms with Crippen molar-refractivity contribution >= 4 is 13.7 Å². The summed E-state index contributed by atoms with van der Waals surface area (Å²) in [5.74, 6) is -0.239. The molecule has 0 bridgehead atoms. The molecule has 3 aliphatic heterocycles. The van der Waals surface area contributed by atoms with E-state index in [-0.39, 0.29) is 18.9 Å². The largest absolute Gasteiger partial charge is 0.475 e. The lowest BCUT2D eigenvalue weighted by Crippen LogP contribution is -2.57. The second-order valence-electron chi connectivity index (χ2n) is 7.06. The molecular formula is C15H20N3O8P. The highest BCUT2D eigenvalue weighted by Gasteiger charge is 2.65. The number of carbonyl (C=O) groups is 1. The number of hydrogen-bond donors (Lipinski definition) is 2.